The highest BCUT2D eigenvalue weighted by Crippen LogP contribution is 2.28. The largest absolute Gasteiger partial charge is 0.508 e. The Labute approximate surface area is 198 Å². The molecule has 0 aliphatic rings. The maximum Gasteiger partial charge on any atom is 0.355 e. The molecular weight excluding hydrogens is 491 g/mol. The first-order valence-electron chi connectivity index (χ1n) is 9.91. The average molecular weight is 506 g/mol. The first-order valence-corrected chi connectivity index (χ1v) is 10.3. The second-order valence-electron chi connectivity index (χ2n) is 7.36. The lowest BCUT2D eigenvalue weighted by Gasteiger charge is -2.16. The van der Waals surface area contributed by atoms with Crippen LogP contribution in [0.4, 0.5) is 24.8 Å². The van der Waals surface area contributed by atoms with Gasteiger partial charge in [-0.3, -0.25) is 9.36 Å². The number of halogens is 4. The average Bonchev–Trinajstić information content (AvgIpc) is 2.80. The number of benzene rings is 2. The SMILES string of the molecule is O=c1[nH]cccc1Cn1c(=O)nc(Nc2ccc(O)cc2Cl)n(Cc2cc(F)c(F)c(F)c2)c1=O. The number of aromatic hydroxyl groups is 1. The smallest absolute Gasteiger partial charge is 0.355 e. The molecule has 180 valence electrons. The van der Waals surface area contributed by atoms with Gasteiger partial charge < -0.3 is 15.4 Å². The molecular formula is C22H15ClF3N5O4. The number of rotatable bonds is 6. The van der Waals surface area contributed by atoms with E-state index < -0.39 is 47.5 Å². The minimum atomic E-state index is -1.68. The van der Waals surface area contributed by atoms with Gasteiger partial charge in [-0.1, -0.05) is 17.7 Å². The Morgan fingerprint density at radius 2 is 1.71 bits per heavy atom. The third-order valence-electron chi connectivity index (χ3n) is 4.96. The predicted octanol–water partition coefficient (Wildman–Crippen LogP) is 2.71. The summed E-state index contributed by atoms with van der Waals surface area (Å²) in [4.78, 5) is 44.3. The normalized spacial score (nSPS) is 11.0. The van der Waals surface area contributed by atoms with E-state index in [1.54, 1.807) is 0 Å². The van der Waals surface area contributed by atoms with Crippen LogP contribution < -0.4 is 22.3 Å². The molecule has 4 rings (SSSR count). The van der Waals surface area contributed by atoms with E-state index in [1.807, 2.05) is 0 Å². The first kappa shape index (κ1) is 23.8. The van der Waals surface area contributed by atoms with Crippen LogP contribution in [0.15, 0.2) is 63.0 Å². The van der Waals surface area contributed by atoms with Crippen LogP contribution in [0, 0.1) is 17.5 Å². The molecule has 35 heavy (non-hydrogen) atoms. The fourth-order valence-corrected chi connectivity index (χ4v) is 3.48. The van der Waals surface area contributed by atoms with Gasteiger partial charge in [-0.2, -0.15) is 4.98 Å². The van der Waals surface area contributed by atoms with Crippen molar-refractivity contribution in [3.05, 3.63) is 114 Å². The number of aromatic amines is 1. The molecule has 0 fully saturated rings. The molecule has 0 bridgehead atoms. The van der Waals surface area contributed by atoms with E-state index in [0.717, 1.165) is 4.57 Å². The number of pyridine rings is 1. The van der Waals surface area contributed by atoms with Crippen LogP contribution in [0.25, 0.3) is 0 Å². The standard InChI is InChI=1S/C22H15ClF3N5O4/c23-14-8-13(32)3-4-17(14)28-20-29-21(34)31(10-12-2-1-5-27-19(12)33)22(35)30(20)9-11-6-15(24)18(26)16(25)7-11/h1-8,32H,9-10H2,(H,27,33)(H,28,29,34). The van der Waals surface area contributed by atoms with Gasteiger partial charge in [0.2, 0.25) is 5.95 Å². The Hall–Kier alpha value is -4.32. The fraction of sp³-hybridized carbons (Fsp3) is 0.0909. The Kier molecular flexibility index (Phi) is 6.47. The van der Waals surface area contributed by atoms with E-state index in [-0.39, 0.29) is 33.5 Å². The van der Waals surface area contributed by atoms with Crippen molar-refractivity contribution >= 4 is 23.2 Å². The van der Waals surface area contributed by atoms with Crippen LogP contribution >= 0.6 is 11.6 Å². The number of nitrogens with zero attached hydrogens (tertiary/aromatic N) is 3. The highest BCUT2D eigenvalue weighted by molar-refractivity contribution is 6.33. The van der Waals surface area contributed by atoms with Crippen molar-refractivity contribution in [2.24, 2.45) is 0 Å². The maximum atomic E-state index is 13.8. The lowest BCUT2D eigenvalue weighted by atomic mass is 10.2. The minimum Gasteiger partial charge on any atom is -0.508 e. The number of nitrogens with one attached hydrogen (secondary N) is 2. The van der Waals surface area contributed by atoms with Gasteiger partial charge in [0, 0.05) is 17.8 Å². The zero-order valence-corrected chi connectivity index (χ0v) is 18.3. The van der Waals surface area contributed by atoms with E-state index in [0.29, 0.717) is 16.7 Å². The summed E-state index contributed by atoms with van der Waals surface area (Å²) in [6.07, 6.45) is 1.37. The molecule has 3 N–H and O–H groups in total. The van der Waals surface area contributed by atoms with Crippen molar-refractivity contribution in [3.8, 4) is 5.75 Å². The summed E-state index contributed by atoms with van der Waals surface area (Å²) >= 11 is 6.09. The van der Waals surface area contributed by atoms with Crippen LogP contribution in [0.5, 0.6) is 5.75 Å². The van der Waals surface area contributed by atoms with Gasteiger partial charge in [0.15, 0.2) is 17.5 Å². The number of anilines is 2. The Morgan fingerprint density at radius 1 is 1.00 bits per heavy atom. The van der Waals surface area contributed by atoms with Gasteiger partial charge >= 0.3 is 11.4 Å². The quantitative estimate of drug-likeness (QED) is 0.274. The fourth-order valence-electron chi connectivity index (χ4n) is 3.26. The molecule has 0 aliphatic carbocycles. The topological polar surface area (TPSA) is 122 Å². The Bertz CT molecular complexity index is 1590. The lowest BCUT2D eigenvalue weighted by Crippen LogP contribution is -2.43. The van der Waals surface area contributed by atoms with Crippen LogP contribution in [0.2, 0.25) is 5.02 Å². The molecule has 0 saturated heterocycles. The molecule has 0 atom stereocenters. The van der Waals surface area contributed by atoms with Crippen LogP contribution in [0.1, 0.15) is 11.1 Å². The zero-order valence-electron chi connectivity index (χ0n) is 17.6. The molecule has 0 amide bonds. The monoisotopic (exact) mass is 505 g/mol. The number of aromatic nitrogens is 4. The van der Waals surface area contributed by atoms with Gasteiger partial charge in [0.1, 0.15) is 5.75 Å². The minimum absolute atomic E-state index is 0.0182. The van der Waals surface area contributed by atoms with E-state index in [1.165, 1.54) is 36.5 Å². The van der Waals surface area contributed by atoms with Gasteiger partial charge in [0.05, 0.1) is 23.8 Å². The third kappa shape index (κ3) is 4.96. The van der Waals surface area contributed by atoms with Gasteiger partial charge in [-0.05, 0) is 35.9 Å². The van der Waals surface area contributed by atoms with Crippen molar-refractivity contribution in [3.63, 3.8) is 0 Å². The molecule has 2 heterocycles. The summed E-state index contributed by atoms with van der Waals surface area (Å²) in [6.45, 7) is -0.962. The number of H-pyrrole nitrogens is 1. The van der Waals surface area contributed by atoms with Crippen molar-refractivity contribution < 1.29 is 18.3 Å². The summed E-state index contributed by atoms with van der Waals surface area (Å²) in [7, 11) is 0. The molecule has 0 saturated carbocycles. The predicted molar refractivity (Wildman–Crippen MR) is 121 cm³/mol. The summed E-state index contributed by atoms with van der Waals surface area (Å²) in [5.41, 5.74) is -2.45. The van der Waals surface area contributed by atoms with Crippen molar-refractivity contribution in [1.29, 1.82) is 0 Å². The summed E-state index contributed by atoms with van der Waals surface area (Å²) in [6, 6.07) is 8.12. The lowest BCUT2D eigenvalue weighted by molar-refractivity contribution is 0.444. The number of hydrogen-bond donors (Lipinski definition) is 3. The number of phenolic OH excluding ortho intramolecular Hbond substituents is 1. The molecule has 0 radical (unpaired) electrons. The van der Waals surface area contributed by atoms with Crippen molar-refractivity contribution in [1.82, 2.24) is 19.1 Å². The van der Waals surface area contributed by atoms with Crippen molar-refractivity contribution in [2.45, 2.75) is 13.1 Å². The molecule has 0 spiro atoms. The van der Waals surface area contributed by atoms with Gasteiger partial charge in [-0.15, -0.1) is 0 Å². The Balaban J connectivity index is 1.86. The molecule has 0 aliphatic heterocycles. The van der Waals surface area contributed by atoms with Crippen LogP contribution in [-0.2, 0) is 13.1 Å². The van der Waals surface area contributed by atoms with Crippen molar-refractivity contribution in [2.75, 3.05) is 5.32 Å². The van der Waals surface area contributed by atoms with E-state index >= 15 is 0 Å². The first-order chi connectivity index (χ1) is 16.6. The molecule has 9 nitrogen and oxygen atoms in total. The molecule has 4 aromatic rings. The van der Waals surface area contributed by atoms with E-state index in [9.17, 15) is 32.7 Å². The van der Waals surface area contributed by atoms with Crippen LogP contribution in [0.3, 0.4) is 0 Å². The summed E-state index contributed by atoms with van der Waals surface area (Å²) < 4.78 is 42.5. The van der Waals surface area contributed by atoms with Crippen LogP contribution in [-0.4, -0.2) is 24.2 Å². The number of phenols is 1. The van der Waals surface area contributed by atoms with Gasteiger partial charge in [-0.25, -0.2) is 27.3 Å². The molecule has 13 heteroatoms. The number of hydrogen-bond acceptors (Lipinski definition) is 6. The van der Waals surface area contributed by atoms with Gasteiger partial charge in [0.25, 0.3) is 5.56 Å². The second kappa shape index (κ2) is 9.50. The molecule has 0 unspecified atom stereocenters. The highest BCUT2D eigenvalue weighted by atomic mass is 35.5. The van der Waals surface area contributed by atoms with E-state index in [4.69, 9.17) is 11.6 Å². The molecule has 2 aromatic heterocycles. The zero-order chi connectivity index (χ0) is 25.3. The summed E-state index contributed by atoms with van der Waals surface area (Å²) in [5, 5.41) is 12.2. The maximum absolute atomic E-state index is 13.8. The summed E-state index contributed by atoms with van der Waals surface area (Å²) in [5.74, 6) is -5.12. The Morgan fingerprint density at radius 3 is 2.37 bits per heavy atom. The molecule has 2 aromatic carbocycles. The second-order valence-corrected chi connectivity index (χ2v) is 7.77. The van der Waals surface area contributed by atoms with E-state index in [2.05, 4.69) is 15.3 Å². The third-order valence-corrected chi connectivity index (χ3v) is 5.27. The highest BCUT2D eigenvalue weighted by Gasteiger charge is 2.18.